The topological polar surface area (TPSA) is 29.3 Å². The fourth-order valence-electron chi connectivity index (χ4n) is 1.59. The maximum Gasteiger partial charge on any atom is 0.251 e. The lowest BCUT2D eigenvalue weighted by Gasteiger charge is -2.19. The molecule has 1 aromatic rings. The fraction of sp³-hybridized carbons (Fsp3) is 0.500. The van der Waals surface area contributed by atoms with Gasteiger partial charge in [-0.15, -0.1) is 0 Å². The van der Waals surface area contributed by atoms with E-state index in [1.54, 1.807) is 11.9 Å². The first-order chi connectivity index (χ1) is 7.99. The molecular weight excluding hydrogens is 290 g/mol. The molecule has 0 spiro atoms. The highest BCUT2D eigenvalue weighted by Gasteiger charge is 2.11. The van der Waals surface area contributed by atoms with Crippen molar-refractivity contribution in [2.75, 3.05) is 20.1 Å². The Hall–Kier alpha value is -0.520. The predicted octanol–water partition coefficient (Wildman–Crippen LogP) is 3.04. The largest absolute Gasteiger partial charge is 0.324 e. The number of nitrogens with two attached hydrogens (primary N) is 1. The van der Waals surface area contributed by atoms with Crippen molar-refractivity contribution in [2.45, 2.75) is 18.9 Å². The van der Waals surface area contributed by atoms with Gasteiger partial charge in [-0.05, 0) is 37.7 Å². The van der Waals surface area contributed by atoms with Crippen LogP contribution in [0.3, 0.4) is 0 Å². The molecule has 0 radical (unpaired) electrons. The number of benzene rings is 1. The van der Waals surface area contributed by atoms with E-state index < -0.39 is 6.43 Å². The molecule has 2 N–H and O–H groups in total. The zero-order valence-corrected chi connectivity index (χ0v) is 11.3. The molecule has 0 bridgehead atoms. The third kappa shape index (κ3) is 5.57. The van der Waals surface area contributed by atoms with Crippen LogP contribution in [0.25, 0.3) is 0 Å². The van der Waals surface area contributed by atoms with Gasteiger partial charge in [0.05, 0.1) is 6.54 Å². The molecule has 0 aromatic heterocycles. The van der Waals surface area contributed by atoms with Crippen LogP contribution in [0.4, 0.5) is 8.78 Å². The second-order valence-corrected chi connectivity index (χ2v) is 5.02. The molecule has 2 nitrogen and oxygen atoms in total. The predicted molar refractivity (Wildman–Crippen MR) is 69.2 cm³/mol. The maximum atomic E-state index is 12.1. The third-order valence-electron chi connectivity index (χ3n) is 2.55. The Morgan fingerprint density at radius 2 is 2.12 bits per heavy atom. The van der Waals surface area contributed by atoms with Crippen molar-refractivity contribution in [3.8, 4) is 0 Å². The van der Waals surface area contributed by atoms with Crippen LogP contribution in [0.2, 0.25) is 0 Å². The van der Waals surface area contributed by atoms with Crippen molar-refractivity contribution in [2.24, 2.45) is 5.73 Å². The first-order valence-corrected chi connectivity index (χ1v) is 6.26. The van der Waals surface area contributed by atoms with E-state index in [-0.39, 0.29) is 12.6 Å². The molecule has 1 aromatic carbocycles. The summed E-state index contributed by atoms with van der Waals surface area (Å²) in [5, 5.41) is 0. The average Bonchev–Trinajstić information content (AvgIpc) is 2.25. The summed E-state index contributed by atoms with van der Waals surface area (Å²) < 4.78 is 25.2. The van der Waals surface area contributed by atoms with E-state index in [1.165, 1.54) is 0 Å². The molecule has 5 heteroatoms. The van der Waals surface area contributed by atoms with Crippen LogP contribution in [-0.4, -0.2) is 31.5 Å². The Morgan fingerprint density at radius 1 is 1.41 bits per heavy atom. The van der Waals surface area contributed by atoms with E-state index in [9.17, 15) is 8.78 Å². The van der Waals surface area contributed by atoms with Crippen LogP contribution in [0.1, 0.15) is 18.0 Å². The molecule has 0 saturated carbocycles. The van der Waals surface area contributed by atoms with Crippen molar-refractivity contribution in [3.63, 3.8) is 0 Å². The van der Waals surface area contributed by atoms with Gasteiger partial charge < -0.3 is 10.6 Å². The highest BCUT2D eigenvalue weighted by molar-refractivity contribution is 9.10. The van der Waals surface area contributed by atoms with Crippen molar-refractivity contribution in [3.05, 3.63) is 34.3 Å². The number of nitrogens with zero attached hydrogens (tertiary/aromatic N) is 1. The highest BCUT2D eigenvalue weighted by Crippen LogP contribution is 2.19. The van der Waals surface area contributed by atoms with E-state index in [2.05, 4.69) is 15.9 Å². The molecule has 1 unspecified atom stereocenters. The lowest BCUT2D eigenvalue weighted by molar-refractivity contribution is 0.0990. The van der Waals surface area contributed by atoms with Gasteiger partial charge in [-0.25, -0.2) is 8.78 Å². The second kappa shape index (κ2) is 7.03. The number of alkyl halides is 2. The number of rotatable bonds is 6. The zero-order chi connectivity index (χ0) is 12.8. The molecular formula is C12H17BrF2N2. The molecule has 0 aliphatic heterocycles. The molecule has 0 amide bonds. The molecule has 1 rings (SSSR count). The number of hydrogen-bond donors (Lipinski definition) is 1. The lowest BCUT2D eigenvalue weighted by atomic mass is 10.0. The van der Waals surface area contributed by atoms with Gasteiger partial charge in [-0.3, -0.25) is 0 Å². The normalized spacial score (nSPS) is 13.4. The van der Waals surface area contributed by atoms with Crippen LogP contribution >= 0.6 is 15.9 Å². The van der Waals surface area contributed by atoms with Crippen LogP contribution in [0.15, 0.2) is 28.7 Å². The Morgan fingerprint density at radius 3 is 2.71 bits per heavy atom. The first-order valence-electron chi connectivity index (χ1n) is 5.46. The van der Waals surface area contributed by atoms with Crippen LogP contribution in [0.5, 0.6) is 0 Å². The summed E-state index contributed by atoms with van der Waals surface area (Å²) in [7, 11) is 1.68. The van der Waals surface area contributed by atoms with Gasteiger partial charge in [0, 0.05) is 10.5 Å². The molecule has 0 fully saturated rings. The van der Waals surface area contributed by atoms with Gasteiger partial charge in [0.15, 0.2) is 0 Å². The molecule has 1 atom stereocenters. The van der Waals surface area contributed by atoms with E-state index in [0.717, 1.165) is 10.0 Å². The Bertz CT molecular complexity index is 347. The summed E-state index contributed by atoms with van der Waals surface area (Å²) in [6.45, 7) is 0.364. The SMILES string of the molecule is CN(CCC(N)c1cccc(Br)c1)CC(F)F. The van der Waals surface area contributed by atoms with Gasteiger partial charge in [0.25, 0.3) is 6.43 Å². The number of halogens is 3. The molecule has 0 aliphatic rings. The summed E-state index contributed by atoms with van der Waals surface area (Å²) in [5.74, 6) is 0. The van der Waals surface area contributed by atoms with Gasteiger partial charge >= 0.3 is 0 Å². The molecule has 0 saturated heterocycles. The van der Waals surface area contributed by atoms with Gasteiger partial charge in [-0.1, -0.05) is 28.1 Å². The van der Waals surface area contributed by atoms with E-state index >= 15 is 0 Å². The van der Waals surface area contributed by atoms with Gasteiger partial charge in [0.2, 0.25) is 0 Å². The quantitative estimate of drug-likeness (QED) is 0.875. The van der Waals surface area contributed by atoms with Crippen molar-refractivity contribution in [1.29, 1.82) is 0 Å². The Labute approximate surface area is 109 Å². The Kier molecular flexibility index (Phi) is 6.02. The molecule has 0 aliphatic carbocycles. The fourth-order valence-corrected chi connectivity index (χ4v) is 2.01. The summed E-state index contributed by atoms with van der Waals surface area (Å²) in [6, 6.07) is 7.63. The molecule has 17 heavy (non-hydrogen) atoms. The van der Waals surface area contributed by atoms with Gasteiger partial charge in [0.1, 0.15) is 0 Å². The van der Waals surface area contributed by atoms with E-state index in [1.807, 2.05) is 24.3 Å². The molecule has 96 valence electrons. The van der Waals surface area contributed by atoms with Gasteiger partial charge in [-0.2, -0.15) is 0 Å². The summed E-state index contributed by atoms with van der Waals surface area (Å²) in [5.41, 5.74) is 7.03. The van der Waals surface area contributed by atoms with E-state index in [4.69, 9.17) is 5.73 Å². The third-order valence-corrected chi connectivity index (χ3v) is 3.04. The summed E-state index contributed by atoms with van der Waals surface area (Å²) >= 11 is 3.38. The maximum absolute atomic E-state index is 12.1. The number of hydrogen-bond acceptors (Lipinski definition) is 2. The van der Waals surface area contributed by atoms with Crippen LogP contribution in [0, 0.1) is 0 Å². The van der Waals surface area contributed by atoms with Crippen LogP contribution < -0.4 is 5.73 Å². The highest BCUT2D eigenvalue weighted by atomic mass is 79.9. The smallest absolute Gasteiger partial charge is 0.251 e. The van der Waals surface area contributed by atoms with Crippen molar-refractivity contribution >= 4 is 15.9 Å². The van der Waals surface area contributed by atoms with Crippen LogP contribution in [-0.2, 0) is 0 Å². The minimum Gasteiger partial charge on any atom is -0.324 e. The van der Waals surface area contributed by atoms with E-state index in [0.29, 0.717) is 13.0 Å². The first kappa shape index (κ1) is 14.5. The van der Waals surface area contributed by atoms with Crippen molar-refractivity contribution in [1.82, 2.24) is 4.90 Å². The monoisotopic (exact) mass is 306 g/mol. The zero-order valence-electron chi connectivity index (χ0n) is 9.74. The summed E-state index contributed by atoms with van der Waals surface area (Å²) in [4.78, 5) is 1.60. The second-order valence-electron chi connectivity index (χ2n) is 4.10. The summed E-state index contributed by atoms with van der Waals surface area (Å²) in [6.07, 6.45) is -1.62. The minimum atomic E-state index is -2.29. The minimum absolute atomic E-state index is 0.118. The average molecular weight is 307 g/mol. The molecule has 0 heterocycles. The Balaban J connectivity index is 2.42. The standard InChI is InChI=1S/C12H17BrF2N2/c1-17(8-12(14)15)6-5-11(16)9-3-2-4-10(13)7-9/h2-4,7,11-12H,5-6,8,16H2,1H3. The lowest BCUT2D eigenvalue weighted by Crippen LogP contribution is -2.28. The van der Waals surface area contributed by atoms with Crippen molar-refractivity contribution < 1.29 is 8.78 Å².